The van der Waals surface area contributed by atoms with Crippen LogP contribution in [0.1, 0.15) is 25.0 Å². The number of anilines is 6. The SMILES string of the molecule is CC1(C)c2ccccc2N(c2c(N(c3ccc(-c4ccccc4)cc3)c3ccc(-c4cccc5ccccc45)cc3)ccc3ccccc23)c2ccc(-c3ccc4ccccc4c3)cc21. The molecular weight excluding hydrogens is 785 g/mol. The summed E-state index contributed by atoms with van der Waals surface area (Å²) in [5, 5.41) is 7.36. The van der Waals surface area contributed by atoms with Gasteiger partial charge in [0.2, 0.25) is 0 Å². The van der Waals surface area contributed by atoms with Crippen molar-refractivity contribution >= 4 is 66.4 Å². The van der Waals surface area contributed by atoms with Crippen molar-refractivity contribution in [2.75, 3.05) is 9.80 Å². The Morgan fingerprint density at radius 1 is 0.338 bits per heavy atom. The van der Waals surface area contributed by atoms with Gasteiger partial charge in [-0.1, -0.05) is 202 Å². The highest BCUT2D eigenvalue weighted by Crippen LogP contribution is 2.57. The van der Waals surface area contributed by atoms with E-state index in [0.717, 1.165) is 22.7 Å². The fourth-order valence-electron chi connectivity index (χ4n) is 10.3. The molecule has 0 N–H and O–H groups in total. The molecule has 0 radical (unpaired) electrons. The molecule has 0 fully saturated rings. The van der Waals surface area contributed by atoms with E-state index in [1.807, 2.05) is 0 Å². The van der Waals surface area contributed by atoms with Crippen molar-refractivity contribution in [1.29, 1.82) is 0 Å². The fourth-order valence-corrected chi connectivity index (χ4v) is 10.3. The maximum absolute atomic E-state index is 2.55. The van der Waals surface area contributed by atoms with Gasteiger partial charge in [0.05, 0.1) is 22.7 Å². The highest BCUT2D eigenvalue weighted by Gasteiger charge is 2.39. The molecule has 2 nitrogen and oxygen atoms in total. The Morgan fingerprint density at radius 2 is 0.862 bits per heavy atom. The van der Waals surface area contributed by atoms with Crippen molar-refractivity contribution in [3.05, 3.63) is 254 Å². The minimum absolute atomic E-state index is 0.273. The summed E-state index contributed by atoms with van der Waals surface area (Å²) < 4.78 is 0. The average molecular weight is 831 g/mol. The van der Waals surface area contributed by atoms with Gasteiger partial charge in [-0.05, 0) is 126 Å². The van der Waals surface area contributed by atoms with Crippen LogP contribution in [-0.2, 0) is 5.41 Å². The lowest BCUT2D eigenvalue weighted by atomic mass is 9.72. The van der Waals surface area contributed by atoms with Crippen molar-refractivity contribution in [3.8, 4) is 33.4 Å². The lowest BCUT2D eigenvalue weighted by Gasteiger charge is -2.44. The third-order valence-corrected chi connectivity index (χ3v) is 13.6. The normalized spacial score (nSPS) is 12.9. The first-order valence-electron chi connectivity index (χ1n) is 22.6. The Kier molecular flexibility index (Phi) is 9.21. The first-order valence-corrected chi connectivity index (χ1v) is 22.6. The van der Waals surface area contributed by atoms with E-state index in [2.05, 4.69) is 266 Å². The van der Waals surface area contributed by atoms with Crippen LogP contribution in [-0.4, -0.2) is 0 Å². The van der Waals surface area contributed by atoms with Gasteiger partial charge in [0.25, 0.3) is 0 Å². The highest BCUT2D eigenvalue weighted by molar-refractivity contribution is 6.09. The maximum Gasteiger partial charge on any atom is 0.0781 e. The van der Waals surface area contributed by atoms with Gasteiger partial charge >= 0.3 is 0 Å². The maximum atomic E-state index is 2.55. The molecule has 0 bridgehead atoms. The van der Waals surface area contributed by atoms with E-state index in [0.29, 0.717) is 0 Å². The minimum atomic E-state index is -0.273. The molecule has 0 saturated heterocycles. The molecule has 1 heterocycles. The molecule has 0 spiro atoms. The second-order valence-corrected chi connectivity index (χ2v) is 17.7. The zero-order chi connectivity index (χ0) is 43.5. The summed E-state index contributed by atoms with van der Waals surface area (Å²) >= 11 is 0. The topological polar surface area (TPSA) is 6.48 Å². The zero-order valence-corrected chi connectivity index (χ0v) is 36.5. The highest BCUT2D eigenvalue weighted by atomic mass is 15.2. The van der Waals surface area contributed by atoms with Crippen molar-refractivity contribution < 1.29 is 0 Å². The number of nitrogens with zero attached hydrogens (tertiary/aromatic N) is 2. The van der Waals surface area contributed by atoms with E-state index >= 15 is 0 Å². The minimum Gasteiger partial charge on any atom is -0.308 e. The van der Waals surface area contributed by atoms with Gasteiger partial charge in [0.1, 0.15) is 0 Å². The van der Waals surface area contributed by atoms with Gasteiger partial charge in [0, 0.05) is 22.2 Å². The molecule has 1 aliphatic rings. The summed E-state index contributed by atoms with van der Waals surface area (Å²) in [4.78, 5) is 5.00. The smallest absolute Gasteiger partial charge is 0.0781 e. The second kappa shape index (κ2) is 15.6. The zero-order valence-electron chi connectivity index (χ0n) is 36.5. The van der Waals surface area contributed by atoms with Crippen LogP contribution in [0.25, 0.3) is 65.7 Å². The predicted octanol–water partition coefficient (Wildman–Crippen LogP) is 17.7. The van der Waals surface area contributed by atoms with Gasteiger partial charge in [-0.2, -0.15) is 0 Å². The van der Waals surface area contributed by atoms with E-state index in [-0.39, 0.29) is 5.41 Å². The lowest BCUT2D eigenvalue weighted by Crippen LogP contribution is -2.31. The molecule has 0 aliphatic carbocycles. The summed E-state index contributed by atoms with van der Waals surface area (Å²) in [6, 6.07) is 89.2. The van der Waals surface area contributed by atoms with E-state index in [1.165, 1.54) is 88.2 Å². The van der Waals surface area contributed by atoms with E-state index in [4.69, 9.17) is 0 Å². The molecule has 65 heavy (non-hydrogen) atoms. The summed E-state index contributed by atoms with van der Waals surface area (Å²) in [7, 11) is 0. The Morgan fingerprint density at radius 3 is 1.63 bits per heavy atom. The van der Waals surface area contributed by atoms with E-state index in [1.54, 1.807) is 0 Å². The van der Waals surface area contributed by atoms with Crippen LogP contribution in [0.5, 0.6) is 0 Å². The first-order chi connectivity index (χ1) is 32.0. The van der Waals surface area contributed by atoms with Gasteiger partial charge < -0.3 is 9.80 Å². The number of fused-ring (bicyclic) bond motifs is 5. The van der Waals surface area contributed by atoms with Gasteiger partial charge in [-0.3, -0.25) is 0 Å². The van der Waals surface area contributed by atoms with E-state index < -0.39 is 0 Å². The summed E-state index contributed by atoms with van der Waals surface area (Å²) in [5.74, 6) is 0. The molecule has 0 atom stereocenters. The third kappa shape index (κ3) is 6.57. The van der Waals surface area contributed by atoms with Crippen molar-refractivity contribution in [1.82, 2.24) is 0 Å². The molecule has 0 saturated carbocycles. The molecule has 308 valence electrons. The van der Waals surface area contributed by atoms with Gasteiger partial charge in [-0.15, -0.1) is 0 Å². The van der Waals surface area contributed by atoms with Crippen molar-refractivity contribution in [2.24, 2.45) is 0 Å². The molecular formula is C63H46N2. The standard InChI is InChI=1S/C63H46N2/c1-63(2)57-25-12-13-26-59(57)65(60-39-34-51(42-58(60)63)50-28-27-44-17-6-7-20-49(44)41-50)62-56-23-11-9-19-47(56)33-40-61(62)64(52-35-29-45(30-36-52)43-15-4-3-5-16-43)53-37-31-48(32-38-53)55-24-14-21-46-18-8-10-22-54(46)55/h3-42H,1-2H3. The molecule has 1 aliphatic heterocycles. The summed E-state index contributed by atoms with van der Waals surface area (Å²) in [5.41, 5.74) is 16.3. The van der Waals surface area contributed by atoms with Crippen LogP contribution >= 0.6 is 0 Å². The monoisotopic (exact) mass is 830 g/mol. The number of para-hydroxylation sites is 1. The average Bonchev–Trinajstić information content (AvgIpc) is 3.37. The van der Waals surface area contributed by atoms with Crippen molar-refractivity contribution in [2.45, 2.75) is 19.3 Å². The molecule has 2 heteroatoms. The molecule has 11 aromatic rings. The van der Waals surface area contributed by atoms with Gasteiger partial charge in [0.15, 0.2) is 0 Å². The van der Waals surface area contributed by atoms with Crippen LogP contribution in [0.3, 0.4) is 0 Å². The van der Waals surface area contributed by atoms with Crippen LogP contribution in [0.2, 0.25) is 0 Å². The first kappa shape index (κ1) is 38.5. The largest absolute Gasteiger partial charge is 0.308 e. The predicted molar refractivity (Wildman–Crippen MR) is 277 cm³/mol. The Labute approximate surface area is 380 Å². The quantitative estimate of drug-likeness (QED) is 0.158. The van der Waals surface area contributed by atoms with Crippen molar-refractivity contribution in [3.63, 3.8) is 0 Å². The number of benzene rings is 11. The Bertz CT molecular complexity index is 3560. The summed E-state index contributed by atoms with van der Waals surface area (Å²) in [6.45, 7) is 4.77. The summed E-state index contributed by atoms with van der Waals surface area (Å²) in [6.07, 6.45) is 0. The van der Waals surface area contributed by atoms with Crippen LogP contribution in [0.4, 0.5) is 34.1 Å². The molecule has 12 rings (SSSR count). The van der Waals surface area contributed by atoms with Crippen LogP contribution in [0.15, 0.2) is 243 Å². The lowest BCUT2D eigenvalue weighted by molar-refractivity contribution is 0.632. The third-order valence-electron chi connectivity index (χ3n) is 13.6. The number of hydrogen-bond acceptors (Lipinski definition) is 2. The van der Waals surface area contributed by atoms with Crippen LogP contribution in [0, 0.1) is 0 Å². The Balaban J connectivity index is 1.08. The second-order valence-electron chi connectivity index (χ2n) is 17.7. The fraction of sp³-hybridized carbons (Fsp3) is 0.0476. The Hall–Kier alpha value is -8.20. The molecule has 11 aromatic carbocycles. The molecule has 0 amide bonds. The molecule has 0 unspecified atom stereocenters. The van der Waals surface area contributed by atoms with E-state index in [9.17, 15) is 0 Å². The molecule has 0 aromatic heterocycles. The number of rotatable bonds is 7. The van der Waals surface area contributed by atoms with Crippen LogP contribution < -0.4 is 9.80 Å². The number of hydrogen-bond donors (Lipinski definition) is 0. The van der Waals surface area contributed by atoms with Gasteiger partial charge in [-0.25, -0.2) is 0 Å².